The number of nitrogens with one attached hydrogen (secondary N) is 1. The molecule has 4 heteroatoms. The standard InChI is InChI=1S/C21H24N2O2/c1-23(14-19-17-12-22-13-18(17)19)20(24)21(25,15-8-4-2-5-9-15)16-10-6-3-7-11-16/h2-11,17-19,22,25H,12-14H2,1H3/t17-,18+,19?. The predicted molar refractivity (Wildman–Crippen MR) is 96.9 cm³/mol. The zero-order valence-electron chi connectivity index (χ0n) is 14.4. The van der Waals surface area contributed by atoms with E-state index in [1.54, 1.807) is 11.9 Å². The van der Waals surface area contributed by atoms with Crippen molar-refractivity contribution in [1.29, 1.82) is 0 Å². The van der Waals surface area contributed by atoms with Crippen molar-refractivity contribution in [2.75, 3.05) is 26.7 Å². The van der Waals surface area contributed by atoms with Crippen molar-refractivity contribution in [2.45, 2.75) is 5.60 Å². The van der Waals surface area contributed by atoms with Gasteiger partial charge in [-0.2, -0.15) is 0 Å². The number of likely N-dealkylation sites (N-methyl/N-ethyl adjacent to an activating group) is 1. The average molecular weight is 336 g/mol. The van der Waals surface area contributed by atoms with Gasteiger partial charge in [0, 0.05) is 13.6 Å². The first-order valence-corrected chi connectivity index (χ1v) is 8.92. The molecule has 2 aromatic carbocycles. The Morgan fingerprint density at radius 1 is 1.04 bits per heavy atom. The van der Waals surface area contributed by atoms with Crippen molar-refractivity contribution in [2.24, 2.45) is 17.8 Å². The molecule has 2 aromatic rings. The van der Waals surface area contributed by atoms with Gasteiger partial charge in [-0.15, -0.1) is 0 Å². The van der Waals surface area contributed by atoms with Gasteiger partial charge < -0.3 is 15.3 Å². The first-order chi connectivity index (χ1) is 12.1. The van der Waals surface area contributed by atoms with Gasteiger partial charge in [0.25, 0.3) is 5.91 Å². The number of fused-ring (bicyclic) bond motifs is 1. The average Bonchev–Trinajstić information content (AvgIpc) is 3.07. The summed E-state index contributed by atoms with van der Waals surface area (Å²) in [4.78, 5) is 15.0. The molecule has 2 aliphatic rings. The Labute approximate surface area is 148 Å². The minimum Gasteiger partial charge on any atom is -0.372 e. The second-order valence-electron chi connectivity index (χ2n) is 7.28. The summed E-state index contributed by atoms with van der Waals surface area (Å²) in [6, 6.07) is 18.5. The molecule has 0 spiro atoms. The summed E-state index contributed by atoms with van der Waals surface area (Å²) in [5.74, 6) is 1.68. The molecule has 4 nitrogen and oxygen atoms in total. The van der Waals surface area contributed by atoms with Gasteiger partial charge in [0.1, 0.15) is 0 Å². The van der Waals surface area contributed by atoms with Gasteiger partial charge in [0.05, 0.1) is 0 Å². The lowest BCUT2D eigenvalue weighted by atomic mass is 9.85. The summed E-state index contributed by atoms with van der Waals surface area (Å²) >= 11 is 0. The molecular formula is C21H24N2O2. The molecule has 130 valence electrons. The molecule has 2 fully saturated rings. The molecule has 1 unspecified atom stereocenters. The lowest BCUT2D eigenvalue weighted by Crippen LogP contribution is -2.47. The number of aliphatic hydroxyl groups is 1. The third-order valence-corrected chi connectivity index (χ3v) is 5.79. The number of carbonyl (C=O) groups excluding carboxylic acids is 1. The van der Waals surface area contributed by atoms with E-state index in [0.717, 1.165) is 13.1 Å². The van der Waals surface area contributed by atoms with Gasteiger partial charge in [0.2, 0.25) is 0 Å². The molecular weight excluding hydrogens is 312 g/mol. The Kier molecular flexibility index (Phi) is 4.10. The first-order valence-electron chi connectivity index (χ1n) is 8.92. The molecule has 2 N–H and O–H groups in total. The Morgan fingerprint density at radius 3 is 2.00 bits per heavy atom. The van der Waals surface area contributed by atoms with Crippen LogP contribution in [0.5, 0.6) is 0 Å². The van der Waals surface area contributed by atoms with Gasteiger partial charge in [-0.3, -0.25) is 4.79 Å². The molecule has 0 aromatic heterocycles. The topological polar surface area (TPSA) is 52.6 Å². The quantitative estimate of drug-likeness (QED) is 0.876. The Hall–Kier alpha value is -2.17. The Balaban J connectivity index is 1.62. The van der Waals surface area contributed by atoms with E-state index >= 15 is 0 Å². The van der Waals surface area contributed by atoms with Crippen molar-refractivity contribution in [3.63, 3.8) is 0 Å². The fourth-order valence-electron chi connectivity index (χ4n) is 4.27. The number of hydrogen-bond acceptors (Lipinski definition) is 3. The first kappa shape index (κ1) is 16.3. The number of benzene rings is 2. The van der Waals surface area contributed by atoms with Gasteiger partial charge in [0.15, 0.2) is 5.60 Å². The maximum Gasteiger partial charge on any atom is 0.263 e. The van der Waals surface area contributed by atoms with Crippen molar-refractivity contribution in [1.82, 2.24) is 10.2 Å². The lowest BCUT2D eigenvalue weighted by molar-refractivity contribution is -0.147. The number of carbonyl (C=O) groups is 1. The van der Waals surface area contributed by atoms with E-state index in [0.29, 0.717) is 35.4 Å². The molecule has 0 bridgehead atoms. The van der Waals surface area contributed by atoms with Crippen LogP contribution in [-0.2, 0) is 10.4 Å². The van der Waals surface area contributed by atoms with Crippen LogP contribution < -0.4 is 5.32 Å². The highest BCUT2D eigenvalue weighted by Crippen LogP contribution is 2.49. The van der Waals surface area contributed by atoms with E-state index in [9.17, 15) is 9.90 Å². The third kappa shape index (κ3) is 2.75. The van der Waals surface area contributed by atoms with E-state index in [4.69, 9.17) is 0 Å². The third-order valence-electron chi connectivity index (χ3n) is 5.79. The molecule has 1 amide bonds. The fourth-order valence-corrected chi connectivity index (χ4v) is 4.27. The highest BCUT2D eigenvalue weighted by molar-refractivity contribution is 5.90. The summed E-state index contributed by atoms with van der Waals surface area (Å²) in [7, 11) is 1.81. The van der Waals surface area contributed by atoms with Crippen LogP contribution in [0.15, 0.2) is 60.7 Å². The molecule has 1 aliphatic heterocycles. The summed E-state index contributed by atoms with van der Waals surface area (Å²) < 4.78 is 0. The van der Waals surface area contributed by atoms with E-state index in [1.165, 1.54) is 0 Å². The molecule has 1 saturated heterocycles. The van der Waals surface area contributed by atoms with Crippen molar-refractivity contribution < 1.29 is 9.90 Å². The number of nitrogens with zero attached hydrogens (tertiary/aromatic N) is 1. The van der Waals surface area contributed by atoms with Crippen molar-refractivity contribution in [3.8, 4) is 0 Å². The predicted octanol–water partition coefficient (Wildman–Crippen LogP) is 1.85. The zero-order chi connectivity index (χ0) is 17.4. The second-order valence-corrected chi connectivity index (χ2v) is 7.28. The molecule has 1 heterocycles. The molecule has 4 rings (SSSR count). The minimum atomic E-state index is -1.65. The minimum absolute atomic E-state index is 0.261. The van der Waals surface area contributed by atoms with E-state index in [1.807, 2.05) is 60.7 Å². The van der Waals surface area contributed by atoms with Crippen LogP contribution >= 0.6 is 0 Å². The number of hydrogen-bond donors (Lipinski definition) is 2. The van der Waals surface area contributed by atoms with Crippen LogP contribution in [0.4, 0.5) is 0 Å². The Morgan fingerprint density at radius 2 is 1.52 bits per heavy atom. The summed E-state index contributed by atoms with van der Waals surface area (Å²) in [5, 5.41) is 14.9. The fraction of sp³-hybridized carbons (Fsp3) is 0.381. The van der Waals surface area contributed by atoms with Gasteiger partial charge in [-0.1, -0.05) is 60.7 Å². The monoisotopic (exact) mass is 336 g/mol. The van der Waals surface area contributed by atoms with Crippen molar-refractivity contribution in [3.05, 3.63) is 71.8 Å². The number of amides is 1. The van der Waals surface area contributed by atoms with Crippen LogP contribution in [0.1, 0.15) is 11.1 Å². The van der Waals surface area contributed by atoms with E-state index < -0.39 is 5.60 Å². The van der Waals surface area contributed by atoms with Crippen LogP contribution in [0.25, 0.3) is 0 Å². The largest absolute Gasteiger partial charge is 0.372 e. The summed E-state index contributed by atoms with van der Waals surface area (Å²) in [6.45, 7) is 2.82. The summed E-state index contributed by atoms with van der Waals surface area (Å²) in [5.41, 5.74) is -0.439. The smallest absolute Gasteiger partial charge is 0.263 e. The molecule has 3 atom stereocenters. The molecule has 1 aliphatic carbocycles. The summed E-state index contributed by atoms with van der Waals surface area (Å²) in [6.07, 6.45) is 0. The van der Waals surface area contributed by atoms with Crippen LogP contribution in [0, 0.1) is 17.8 Å². The van der Waals surface area contributed by atoms with E-state index in [2.05, 4.69) is 5.32 Å². The lowest BCUT2D eigenvalue weighted by Gasteiger charge is -2.32. The number of rotatable bonds is 5. The van der Waals surface area contributed by atoms with Crippen LogP contribution in [-0.4, -0.2) is 42.6 Å². The number of piperidine rings is 1. The van der Waals surface area contributed by atoms with Crippen LogP contribution in [0.2, 0.25) is 0 Å². The van der Waals surface area contributed by atoms with Gasteiger partial charge in [-0.05, 0) is 42.0 Å². The highest BCUT2D eigenvalue weighted by Gasteiger charge is 2.54. The Bertz CT molecular complexity index is 698. The maximum absolute atomic E-state index is 13.3. The normalized spacial score (nSPS) is 24.6. The SMILES string of the molecule is CN(CC1[C@H]2CNC[C@@H]12)C(=O)C(O)(c1ccccc1)c1ccccc1. The molecule has 0 radical (unpaired) electrons. The second kappa shape index (κ2) is 6.28. The molecule has 25 heavy (non-hydrogen) atoms. The van der Waals surface area contributed by atoms with Gasteiger partial charge >= 0.3 is 0 Å². The molecule has 1 saturated carbocycles. The zero-order valence-corrected chi connectivity index (χ0v) is 14.4. The van der Waals surface area contributed by atoms with Gasteiger partial charge in [-0.25, -0.2) is 0 Å². The van der Waals surface area contributed by atoms with Crippen LogP contribution in [0.3, 0.4) is 0 Å². The van der Waals surface area contributed by atoms with Crippen molar-refractivity contribution >= 4 is 5.91 Å². The maximum atomic E-state index is 13.3. The highest BCUT2D eigenvalue weighted by atomic mass is 16.3. The van der Waals surface area contributed by atoms with E-state index in [-0.39, 0.29) is 5.91 Å².